The Hall–Kier alpha value is -1.81. The second-order valence-corrected chi connectivity index (χ2v) is 1.46. The first-order valence-electron chi connectivity index (χ1n) is 2.74. The maximum Gasteiger partial charge on any atom is 0.157 e. The van der Waals surface area contributed by atoms with Crippen LogP contribution in [0.1, 0.15) is 0 Å². The summed E-state index contributed by atoms with van der Waals surface area (Å²) in [5, 5.41) is 4.78. The lowest BCUT2D eigenvalue weighted by molar-refractivity contribution is -0.113. The summed E-state index contributed by atoms with van der Waals surface area (Å²) in [6, 6.07) is 9.12. The van der Waals surface area contributed by atoms with Crippen LogP contribution in [-0.2, 0) is 4.79 Å². The molecule has 4 heteroatoms. The monoisotopic (exact) mass is 149 g/mol. The van der Waals surface area contributed by atoms with Gasteiger partial charge in [-0.05, 0) is 0 Å². The van der Waals surface area contributed by atoms with E-state index >= 15 is 0 Å². The minimum Gasteiger partial charge on any atom is -0.358 e. The molecule has 4 N–H and O–H groups in total. The van der Waals surface area contributed by atoms with Crippen molar-refractivity contribution in [2.45, 2.75) is 0 Å². The molecular weight excluding hydrogens is 142 g/mol. The van der Waals surface area contributed by atoms with E-state index in [4.69, 9.17) is 12.7 Å². The summed E-state index contributed by atoms with van der Waals surface area (Å²) in [5.74, 6) is -0.468. The number of carbonyl (C=O) groups is 1. The molecule has 2 radical (unpaired) electrons. The molecule has 0 rings (SSSR count). The van der Waals surface area contributed by atoms with Crippen molar-refractivity contribution in [1.29, 1.82) is 0 Å². The van der Waals surface area contributed by atoms with Crippen LogP contribution in [0.2, 0.25) is 0 Å². The van der Waals surface area contributed by atoms with Crippen LogP contribution in [0.4, 0.5) is 0 Å². The van der Waals surface area contributed by atoms with Crippen LogP contribution in [0.5, 0.6) is 0 Å². The zero-order chi connectivity index (χ0) is 8.53. The van der Waals surface area contributed by atoms with Crippen molar-refractivity contribution in [2.24, 2.45) is 5.73 Å². The number of ketones is 1. The summed E-state index contributed by atoms with van der Waals surface area (Å²) in [4.78, 5) is 10.1. The average molecular weight is 149 g/mol. The molecule has 0 spiro atoms. The van der Waals surface area contributed by atoms with Gasteiger partial charge in [0.15, 0.2) is 5.78 Å². The first-order valence-corrected chi connectivity index (χ1v) is 2.74. The average Bonchev–Trinajstić information content (AvgIpc) is 1.96. The normalized spacial score (nSPS) is 6.27. The van der Waals surface area contributed by atoms with Gasteiger partial charge >= 0.3 is 0 Å². The molecule has 0 aromatic heterocycles. The van der Waals surface area contributed by atoms with Gasteiger partial charge in [-0.1, -0.05) is 0 Å². The van der Waals surface area contributed by atoms with E-state index in [1.807, 2.05) is 0 Å². The Morgan fingerprint density at radius 3 is 2.73 bits per heavy atom. The van der Waals surface area contributed by atoms with Crippen LogP contribution < -0.4 is 16.4 Å². The van der Waals surface area contributed by atoms with Gasteiger partial charge < -0.3 is 11.1 Å². The fourth-order valence-corrected chi connectivity index (χ4v) is 0.274. The fourth-order valence-electron chi connectivity index (χ4n) is 0.274. The van der Waals surface area contributed by atoms with Crippen molar-refractivity contribution >= 4 is 5.78 Å². The van der Waals surface area contributed by atoms with E-state index in [-0.39, 0.29) is 6.54 Å². The number of nitrogens with two attached hydrogens (primary N) is 1. The van der Waals surface area contributed by atoms with Crippen molar-refractivity contribution < 1.29 is 4.79 Å². The second kappa shape index (κ2) is 6.31. The molecule has 11 heavy (non-hydrogen) atoms. The third-order valence-corrected chi connectivity index (χ3v) is 0.611. The minimum absolute atomic E-state index is 0.0186. The highest BCUT2D eigenvalue weighted by molar-refractivity contribution is 5.84. The lowest BCUT2D eigenvalue weighted by Gasteiger charge is -1.88. The van der Waals surface area contributed by atoms with Crippen molar-refractivity contribution in [3.8, 4) is 24.2 Å². The predicted octanol–water partition coefficient (Wildman–Crippen LogP) is -1.76. The molecule has 0 aliphatic rings. The molecule has 0 saturated carbocycles. The van der Waals surface area contributed by atoms with Gasteiger partial charge in [0.1, 0.15) is 0 Å². The topological polar surface area (TPSA) is 67.2 Å². The molecule has 0 aromatic rings. The van der Waals surface area contributed by atoms with Gasteiger partial charge in [0.25, 0.3) is 0 Å². The zero-order valence-corrected chi connectivity index (χ0v) is 5.77. The Morgan fingerprint density at radius 1 is 1.45 bits per heavy atom. The molecule has 0 aliphatic heterocycles. The fraction of sp³-hybridized carbons (Fsp3) is 0.143. The third kappa shape index (κ3) is 8.19. The van der Waals surface area contributed by atoms with E-state index in [9.17, 15) is 4.79 Å². The van der Waals surface area contributed by atoms with E-state index in [0.717, 1.165) is 0 Å². The number of rotatable bonds is 2. The zero-order valence-electron chi connectivity index (χ0n) is 5.77. The third-order valence-electron chi connectivity index (χ3n) is 0.611. The second-order valence-electron chi connectivity index (χ2n) is 1.46. The van der Waals surface area contributed by atoms with Crippen molar-refractivity contribution in [3.63, 3.8) is 0 Å². The maximum atomic E-state index is 10.1. The summed E-state index contributed by atoms with van der Waals surface area (Å²) in [6.45, 7) is 4.81. The Kier molecular flexibility index (Phi) is 5.27. The van der Waals surface area contributed by atoms with E-state index in [1.165, 1.54) is 0 Å². The predicted molar refractivity (Wildman–Crippen MR) is 40.2 cm³/mol. The summed E-state index contributed by atoms with van der Waals surface area (Å²) in [7, 11) is 0. The molecular formula is C7H7N3O. The summed E-state index contributed by atoms with van der Waals surface area (Å²) in [5.41, 5.74) is 4.81. The summed E-state index contributed by atoms with van der Waals surface area (Å²) >= 11 is 0. The molecule has 0 heterocycles. The molecule has 0 amide bonds. The van der Waals surface area contributed by atoms with Gasteiger partial charge in [-0.2, -0.15) is 0 Å². The Bertz CT molecular complexity index is 238. The van der Waals surface area contributed by atoms with E-state index in [2.05, 4.69) is 34.8 Å². The minimum atomic E-state index is -0.468. The maximum absolute atomic E-state index is 10.1. The SMILES string of the molecule is [CH]C(=O)CNC#CNC#CN. The molecule has 0 bridgehead atoms. The first kappa shape index (κ1) is 9.19. The number of nitrogens with one attached hydrogen (secondary N) is 2. The van der Waals surface area contributed by atoms with Gasteiger partial charge in [-0.3, -0.25) is 10.1 Å². The van der Waals surface area contributed by atoms with Crippen LogP contribution in [0.25, 0.3) is 0 Å². The number of hydrogen-bond acceptors (Lipinski definition) is 4. The Labute approximate surface area is 65.5 Å². The smallest absolute Gasteiger partial charge is 0.157 e. The molecule has 56 valence electrons. The molecule has 0 atom stereocenters. The van der Waals surface area contributed by atoms with Crippen LogP contribution in [0.15, 0.2) is 0 Å². The number of Topliss-reactive ketones (excluding diaryl/α,β-unsaturated/α-hetero) is 1. The Morgan fingerprint density at radius 2 is 2.18 bits per heavy atom. The molecule has 0 unspecified atom stereocenters. The highest BCUT2D eigenvalue weighted by atomic mass is 16.1. The molecule has 4 nitrogen and oxygen atoms in total. The first-order chi connectivity index (χ1) is 5.27. The van der Waals surface area contributed by atoms with E-state index < -0.39 is 5.78 Å². The quantitative estimate of drug-likeness (QED) is 0.321. The van der Waals surface area contributed by atoms with Crippen molar-refractivity contribution in [2.75, 3.05) is 6.54 Å². The molecule has 0 saturated heterocycles. The number of hydrogen-bond donors (Lipinski definition) is 3. The van der Waals surface area contributed by atoms with Crippen LogP contribution >= 0.6 is 0 Å². The highest BCUT2D eigenvalue weighted by Crippen LogP contribution is 1.59. The molecule has 0 fully saturated rings. The van der Waals surface area contributed by atoms with Gasteiger partial charge in [0.2, 0.25) is 0 Å². The van der Waals surface area contributed by atoms with Crippen molar-refractivity contribution in [3.05, 3.63) is 6.92 Å². The highest BCUT2D eigenvalue weighted by Gasteiger charge is 1.85. The molecule has 0 aromatic carbocycles. The lowest BCUT2D eigenvalue weighted by atomic mass is 10.4. The van der Waals surface area contributed by atoms with Gasteiger partial charge in [0.05, 0.1) is 6.54 Å². The van der Waals surface area contributed by atoms with Crippen LogP contribution in [0.3, 0.4) is 0 Å². The standard InChI is InChI=1S/C7H7N3O/c1-7(11)6-10-5-4-9-3-2-8/h1,9-10H,6,8H2. The molecule has 0 aliphatic carbocycles. The number of carbonyl (C=O) groups excluding carboxylic acids is 1. The van der Waals surface area contributed by atoms with Gasteiger partial charge in [-0.25, -0.2) is 0 Å². The largest absolute Gasteiger partial charge is 0.358 e. The summed E-state index contributed by atoms with van der Waals surface area (Å²) < 4.78 is 0. The van der Waals surface area contributed by atoms with E-state index in [1.54, 1.807) is 0 Å². The Balaban J connectivity index is 3.38. The van der Waals surface area contributed by atoms with Gasteiger partial charge in [0, 0.05) is 31.1 Å². The van der Waals surface area contributed by atoms with Crippen molar-refractivity contribution in [1.82, 2.24) is 10.6 Å². The van der Waals surface area contributed by atoms with Crippen LogP contribution in [-0.4, -0.2) is 12.3 Å². The van der Waals surface area contributed by atoms with Crippen LogP contribution in [0, 0.1) is 31.1 Å². The summed E-state index contributed by atoms with van der Waals surface area (Å²) in [6.07, 6.45) is 0. The lowest BCUT2D eigenvalue weighted by Crippen LogP contribution is -2.15. The van der Waals surface area contributed by atoms with Gasteiger partial charge in [-0.15, -0.1) is 0 Å². The van der Waals surface area contributed by atoms with E-state index in [0.29, 0.717) is 0 Å².